The van der Waals surface area contributed by atoms with Gasteiger partial charge in [-0.15, -0.1) is 0 Å². The van der Waals surface area contributed by atoms with Crippen LogP contribution in [0.4, 0.5) is 0 Å². The fraction of sp³-hybridized carbons (Fsp3) is 0.556. The van der Waals surface area contributed by atoms with Gasteiger partial charge in [0.1, 0.15) is 0 Å². The van der Waals surface area contributed by atoms with E-state index in [0.29, 0.717) is 5.25 Å². The molecular formula is C9H12O2S. The molecule has 0 amide bonds. The second-order valence-corrected chi connectivity index (χ2v) is 3.81. The largest absolute Gasteiger partial charge is 0.282 e. The molecular weight excluding hydrogens is 172 g/mol. The maximum atomic E-state index is 4.43. The third kappa shape index (κ3) is 2.80. The Hall–Kier alpha value is -0.590. The van der Waals surface area contributed by atoms with E-state index in [-0.39, 0.29) is 0 Å². The van der Waals surface area contributed by atoms with Gasteiger partial charge in [0.25, 0.3) is 0 Å². The average Bonchev–Trinajstić information content (AvgIpc) is 2.56. The lowest BCUT2D eigenvalue weighted by Crippen LogP contribution is -1.97. The minimum Gasteiger partial charge on any atom is -0.282 e. The lowest BCUT2D eigenvalue weighted by atomic mass is 10.1. The predicted octanol–water partition coefficient (Wildman–Crippen LogP) is 1.98. The number of hydrogen-bond donors (Lipinski definition) is 0. The van der Waals surface area contributed by atoms with Crippen LogP contribution in [0.1, 0.15) is 12.8 Å². The van der Waals surface area contributed by atoms with E-state index in [9.17, 15) is 0 Å². The minimum absolute atomic E-state index is 0.498. The maximum absolute atomic E-state index is 4.43. The summed E-state index contributed by atoms with van der Waals surface area (Å²) in [5, 5.41) is 0.498. The zero-order chi connectivity index (χ0) is 8.81. The van der Waals surface area contributed by atoms with Crippen molar-refractivity contribution in [2.45, 2.75) is 18.1 Å². The van der Waals surface area contributed by atoms with Gasteiger partial charge in [-0.05, 0) is 24.5 Å². The fourth-order valence-electron chi connectivity index (χ4n) is 1.06. The minimum atomic E-state index is 0.498. The molecule has 0 saturated carbocycles. The smallest absolute Gasteiger partial charge is 0.162 e. The van der Waals surface area contributed by atoms with Crippen LogP contribution in [0, 0.1) is 12.0 Å². The molecule has 66 valence electrons. The van der Waals surface area contributed by atoms with Crippen LogP contribution in [0.2, 0.25) is 0 Å². The van der Waals surface area contributed by atoms with Gasteiger partial charge >= 0.3 is 0 Å². The summed E-state index contributed by atoms with van der Waals surface area (Å²) in [4.78, 5) is 8.77. The van der Waals surface area contributed by atoms with Gasteiger partial charge in [-0.1, -0.05) is 6.58 Å². The first-order valence-electron chi connectivity index (χ1n) is 3.85. The Morgan fingerprint density at radius 1 is 1.67 bits per heavy atom. The molecule has 12 heavy (non-hydrogen) atoms. The summed E-state index contributed by atoms with van der Waals surface area (Å²) in [5.74, 6) is 4.03. The Kier molecular flexibility index (Phi) is 4.06. The molecule has 0 aromatic heterocycles. The molecule has 0 spiro atoms. The van der Waals surface area contributed by atoms with Gasteiger partial charge in [-0.2, -0.15) is 16.6 Å². The van der Waals surface area contributed by atoms with Crippen LogP contribution in [0.25, 0.3) is 0 Å². The summed E-state index contributed by atoms with van der Waals surface area (Å²) in [6.07, 6.45) is 4.88. The number of hydrogen-bond acceptors (Lipinski definition) is 3. The second-order valence-electron chi connectivity index (χ2n) is 2.50. The summed E-state index contributed by atoms with van der Waals surface area (Å²) < 4.78 is 0. The summed E-state index contributed by atoms with van der Waals surface area (Å²) in [6.45, 7) is 3.88. The first kappa shape index (κ1) is 9.50. The molecule has 1 aliphatic heterocycles. The van der Waals surface area contributed by atoms with Crippen molar-refractivity contribution in [2.75, 3.05) is 12.9 Å². The van der Waals surface area contributed by atoms with Crippen molar-refractivity contribution in [2.24, 2.45) is 0 Å². The Balaban J connectivity index is 2.33. The highest BCUT2D eigenvalue weighted by Crippen LogP contribution is 2.30. The van der Waals surface area contributed by atoms with Gasteiger partial charge < -0.3 is 0 Å². The van der Waals surface area contributed by atoms with Crippen LogP contribution < -0.4 is 0 Å². The highest BCUT2D eigenvalue weighted by atomic mass is 32.2. The molecule has 0 aromatic rings. The summed E-state index contributed by atoms with van der Waals surface area (Å²) in [6, 6.07) is 0. The zero-order valence-electron chi connectivity index (χ0n) is 7.13. The van der Waals surface area contributed by atoms with Gasteiger partial charge in [0.05, 0.1) is 7.11 Å². The van der Waals surface area contributed by atoms with E-state index < -0.39 is 0 Å². The molecule has 0 N–H and O–H groups in total. The van der Waals surface area contributed by atoms with Gasteiger partial charge in [0.15, 0.2) is 6.11 Å². The van der Waals surface area contributed by atoms with Crippen LogP contribution in [-0.2, 0) is 9.78 Å². The molecule has 0 aliphatic carbocycles. The molecule has 1 aliphatic rings. The lowest BCUT2D eigenvalue weighted by Gasteiger charge is -2.03. The van der Waals surface area contributed by atoms with Crippen LogP contribution in [-0.4, -0.2) is 18.1 Å². The topological polar surface area (TPSA) is 18.5 Å². The SMILES string of the molecule is C=C(C#COOC)C1CCCS1. The van der Waals surface area contributed by atoms with Gasteiger partial charge in [0, 0.05) is 10.8 Å². The average molecular weight is 184 g/mol. The van der Waals surface area contributed by atoms with Crippen molar-refractivity contribution in [1.29, 1.82) is 0 Å². The van der Waals surface area contributed by atoms with E-state index in [1.807, 2.05) is 11.8 Å². The summed E-state index contributed by atoms with van der Waals surface area (Å²) in [7, 11) is 1.43. The van der Waals surface area contributed by atoms with E-state index in [1.54, 1.807) is 0 Å². The first-order valence-corrected chi connectivity index (χ1v) is 4.90. The lowest BCUT2D eigenvalue weighted by molar-refractivity contribution is -0.209. The highest BCUT2D eigenvalue weighted by Gasteiger charge is 2.17. The van der Waals surface area contributed by atoms with Crippen LogP contribution in [0.3, 0.4) is 0 Å². The molecule has 1 saturated heterocycles. The molecule has 3 heteroatoms. The molecule has 0 bridgehead atoms. The maximum Gasteiger partial charge on any atom is 0.162 e. The molecule has 2 nitrogen and oxygen atoms in total. The van der Waals surface area contributed by atoms with Crippen molar-refractivity contribution in [3.05, 3.63) is 12.2 Å². The molecule has 1 unspecified atom stereocenters. The molecule has 1 heterocycles. The third-order valence-corrected chi connectivity index (χ3v) is 3.10. The van der Waals surface area contributed by atoms with E-state index in [0.717, 1.165) is 5.57 Å². The normalized spacial score (nSPS) is 21.2. The van der Waals surface area contributed by atoms with Crippen molar-refractivity contribution in [1.82, 2.24) is 0 Å². The van der Waals surface area contributed by atoms with Crippen molar-refractivity contribution >= 4 is 11.8 Å². The van der Waals surface area contributed by atoms with E-state index >= 15 is 0 Å². The van der Waals surface area contributed by atoms with E-state index in [4.69, 9.17) is 0 Å². The van der Waals surface area contributed by atoms with Gasteiger partial charge in [-0.3, -0.25) is 4.89 Å². The summed E-state index contributed by atoms with van der Waals surface area (Å²) in [5.41, 5.74) is 0.939. The number of thioether (sulfide) groups is 1. The Bertz CT molecular complexity index is 208. The predicted molar refractivity (Wildman–Crippen MR) is 50.5 cm³/mol. The summed E-state index contributed by atoms with van der Waals surface area (Å²) >= 11 is 1.91. The van der Waals surface area contributed by atoms with Crippen molar-refractivity contribution in [3.63, 3.8) is 0 Å². The van der Waals surface area contributed by atoms with Crippen LogP contribution >= 0.6 is 11.8 Å². The van der Waals surface area contributed by atoms with Crippen LogP contribution in [0.5, 0.6) is 0 Å². The fourth-order valence-corrected chi connectivity index (χ4v) is 2.27. The quantitative estimate of drug-likeness (QED) is 0.371. The van der Waals surface area contributed by atoms with Crippen LogP contribution in [0.15, 0.2) is 12.2 Å². The highest BCUT2D eigenvalue weighted by molar-refractivity contribution is 8.00. The molecule has 1 rings (SSSR count). The Labute approximate surface area is 77.2 Å². The van der Waals surface area contributed by atoms with Crippen molar-refractivity contribution in [3.8, 4) is 12.0 Å². The third-order valence-electron chi connectivity index (χ3n) is 1.65. The molecule has 0 aromatic carbocycles. The number of rotatable bonds is 2. The second kappa shape index (κ2) is 5.13. The first-order chi connectivity index (χ1) is 5.84. The molecule has 0 radical (unpaired) electrons. The standard InChI is InChI=1S/C9H12O2S/c1-8(5-6-11-10-2)9-4-3-7-12-9/h9H,1,3-4,7H2,2H3. The van der Waals surface area contributed by atoms with E-state index in [2.05, 4.69) is 28.4 Å². The molecule has 1 atom stereocenters. The zero-order valence-corrected chi connectivity index (χ0v) is 7.95. The van der Waals surface area contributed by atoms with Gasteiger partial charge in [-0.25, -0.2) is 0 Å². The Morgan fingerprint density at radius 2 is 2.50 bits per heavy atom. The monoisotopic (exact) mass is 184 g/mol. The van der Waals surface area contributed by atoms with Crippen molar-refractivity contribution < 1.29 is 9.78 Å². The molecule has 1 fully saturated rings. The van der Waals surface area contributed by atoms with Gasteiger partial charge in [0.2, 0.25) is 0 Å². The Morgan fingerprint density at radius 3 is 3.08 bits per heavy atom. The van der Waals surface area contributed by atoms with E-state index in [1.165, 1.54) is 25.7 Å².